The molecular formula is C17H25NO. The lowest BCUT2D eigenvalue weighted by Crippen LogP contribution is -2.26. The van der Waals surface area contributed by atoms with Crippen LogP contribution >= 0.6 is 0 Å². The maximum atomic E-state index is 5.18. The minimum Gasteiger partial charge on any atom is -0.380 e. The maximum Gasteiger partial charge on any atom is 0.0713 e. The van der Waals surface area contributed by atoms with Crippen LogP contribution in [0.5, 0.6) is 0 Å². The van der Waals surface area contributed by atoms with Crippen LogP contribution in [0.1, 0.15) is 36.8 Å². The smallest absolute Gasteiger partial charge is 0.0713 e. The fourth-order valence-corrected chi connectivity index (χ4v) is 4.02. The Balaban J connectivity index is 1.45. The Morgan fingerprint density at radius 1 is 1.21 bits per heavy atom. The zero-order valence-corrected chi connectivity index (χ0v) is 11.9. The summed E-state index contributed by atoms with van der Waals surface area (Å²) in [5.74, 6) is 3.03. The molecule has 0 aliphatic heterocycles. The average molecular weight is 259 g/mol. The van der Waals surface area contributed by atoms with Gasteiger partial charge in [0.2, 0.25) is 0 Å². The molecule has 2 aliphatic carbocycles. The third kappa shape index (κ3) is 3.18. The summed E-state index contributed by atoms with van der Waals surface area (Å²) < 4.78 is 5.18. The number of methoxy groups -OCH3 is 1. The van der Waals surface area contributed by atoms with Crippen molar-refractivity contribution in [3.63, 3.8) is 0 Å². The molecule has 2 bridgehead atoms. The Bertz CT molecular complexity index is 417. The SMILES string of the molecule is COCc1cccc(CNCC2CC3CCC2C3)c1. The van der Waals surface area contributed by atoms with Crippen molar-refractivity contribution in [2.75, 3.05) is 13.7 Å². The summed E-state index contributed by atoms with van der Waals surface area (Å²) >= 11 is 0. The van der Waals surface area contributed by atoms with Gasteiger partial charge in [-0.1, -0.05) is 30.7 Å². The van der Waals surface area contributed by atoms with E-state index in [2.05, 4.69) is 29.6 Å². The number of hydrogen-bond acceptors (Lipinski definition) is 2. The molecule has 0 radical (unpaired) electrons. The predicted octanol–water partition coefficient (Wildman–Crippen LogP) is 3.36. The van der Waals surface area contributed by atoms with Crippen LogP contribution in [0.4, 0.5) is 0 Å². The summed E-state index contributed by atoms with van der Waals surface area (Å²) in [5, 5.41) is 3.66. The number of benzene rings is 1. The largest absolute Gasteiger partial charge is 0.380 e. The molecule has 19 heavy (non-hydrogen) atoms. The van der Waals surface area contributed by atoms with E-state index in [0.29, 0.717) is 6.61 Å². The molecule has 3 rings (SSSR count). The van der Waals surface area contributed by atoms with Crippen molar-refractivity contribution in [2.45, 2.75) is 38.8 Å². The minimum atomic E-state index is 0.709. The first-order valence-electron chi connectivity index (χ1n) is 7.62. The van der Waals surface area contributed by atoms with Gasteiger partial charge in [-0.25, -0.2) is 0 Å². The van der Waals surface area contributed by atoms with Gasteiger partial charge in [0.1, 0.15) is 0 Å². The summed E-state index contributed by atoms with van der Waals surface area (Å²) in [5.41, 5.74) is 2.64. The van der Waals surface area contributed by atoms with Gasteiger partial charge >= 0.3 is 0 Å². The number of hydrogen-bond donors (Lipinski definition) is 1. The van der Waals surface area contributed by atoms with E-state index in [1.165, 1.54) is 43.4 Å². The molecule has 2 heteroatoms. The van der Waals surface area contributed by atoms with Gasteiger partial charge in [-0.15, -0.1) is 0 Å². The molecule has 2 fully saturated rings. The topological polar surface area (TPSA) is 21.3 Å². The van der Waals surface area contributed by atoms with E-state index in [-0.39, 0.29) is 0 Å². The molecule has 104 valence electrons. The Labute approximate surface area is 116 Å². The predicted molar refractivity (Wildman–Crippen MR) is 77.8 cm³/mol. The number of nitrogens with one attached hydrogen (secondary N) is 1. The zero-order valence-electron chi connectivity index (χ0n) is 11.9. The lowest BCUT2D eigenvalue weighted by Gasteiger charge is -2.22. The Morgan fingerprint density at radius 2 is 2.11 bits per heavy atom. The van der Waals surface area contributed by atoms with Gasteiger partial charge in [0.15, 0.2) is 0 Å². The third-order valence-electron chi connectivity index (χ3n) is 4.92. The lowest BCUT2D eigenvalue weighted by atomic mass is 9.89. The van der Waals surface area contributed by atoms with E-state index in [1.54, 1.807) is 7.11 Å². The monoisotopic (exact) mass is 259 g/mol. The van der Waals surface area contributed by atoms with Crippen molar-refractivity contribution in [2.24, 2.45) is 17.8 Å². The molecule has 0 spiro atoms. The molecule has 1 N–H and O–H groups in total. The first-order chi connectivity index (χ1) is 9.35. The van der Waals surface area contributed by atoms with Gasteiger partial charge in [-0.05, 0) is 54.7 Å². The molecule has 0 saturated heterocycles. The summed E-state index contributed by atoms with van der Waals surface area (Å²) in [7, 11) is 1.75. The molecule has 3 atom stereocenters. The van der Waals surface area contributed by atoms with Crippen molar-refractivity contribution < 1.29 is 4.74 Å². The van der Waals surface area contributed by atoms with Gasteiger partial charge in [-0.2, -0.15) is 0 Å². The van der Waals surface area contributed by atoms with Crippen molar-refractivity contribution in [3.05, 3.63) is 35.4 Å². The highest BCUT2D eigenvalue weighted by molar-refractivity contribution is 5.22. The van der Waals surface area contributed by atoms with E-state index in [9.17, 15) is 0 Å². The Morgan fingerprint density at radius 3 is 2.84 bits per heavy atom. The van der Waals surface area contributed by atoms with Crippen LogP contribution in [0, 0.1) is 17.8 Å². The maximum absolute atomic E-state index is 5.18. The Hall–Kier alpha value is -0.860. The van der Waals surface area contributed by atoms with Crippen LogP contribution in [-0.4, -0.2) is 13.7 Å². The van der Waals surface area contributed by atoms with Gasteiger partial charge in [-0.3, -0.25) is 0 Å². The Kier molecular flexibility index (Phi) is 4.19. The molecule has 2 nitrogen and oxygen atoms in total. The van der Waals surface area contributed by atoms with Crippen molar-refractivity contribution in [3.8, 4) is 0 Å². The molecule has 2 saturated carbocycles. The molecular weight excluding hydrogens is 234 g/mol. The summed E-state index contributed by atoms with van der Waals surface area (Å²) in [6, 6.07) is 8.70. The van der Waals surface area contributed by atoms with Crippen LogP contribution in [0.25, 0.3) is 0 Å². The highest BCUT2D eigenvalue weighted by Crippen LogP contribution is 2.47. The lowest BCUT2D eigenvalue weighted by molar-refractivity contribution is 0.185. The fourth-order valence-electron chi connectivity index (χ4n) is 4.02. The molecule has 0 amide bonds. The zero-order chi connectivity index (χ0) is 13.1. The van der Waals surface area contributed by atoms with Crippen molar-refractivity contribution in [1.29, 1.82) is 0 Å². The van der Waals surface area contributed by atoms with Crippen molar-refractivity contribution in [1.82, 2.24) is 5.32 Å². The number of fused-ring (bicyclic) bond motifs is 2. The second-order valence-corrected chi connectivity index (χ2v) is 6.32. The normalized spacial score (nSPS) is 29.0. The average Bonchev–Trinajstić information content (AvgIpc) is 3.02. The van der Waals surface area contributed by atoms with E-state index in [4.69, 9.17) is 4.74 Å². The quantitative estimate of drug-likeness (QED) is 0.846. The van der Waals surface area contributed by atoms with Crippen molar-refractivity contribution >= 4 is 0 Å². The van der Waals surface area contributed by atoms with Gasteiger partial charge in [0.25, 0.3) is 0 Å². The fraction of sp³-hybridized carbons (Fsp3) is 0.647. The summed E-state index contributed by atoms with van der Waals surface area (Å²) in [6.45, 7) is 2.90. The van der Waals surface area contributed by atoms with E-state index >= 15 is 0 Å². The van der Waals surface area contributed by atoms with E-state index in [1.807, 2.05) is 0 Å². The number of ether oxygens (including phenoxy) is 1. The second kappa shape index (κ2) is 6.06. The molecule has 0 aromatic heterocycles. The highest BCUT2D eigenvalue weighted by atomic mass is 16.5. The van der Waals surface area contributed by atoms with E-state index < -0.39 is 0 Å². The first kappa shape index (κ1) is 13.1. The highest BCUT2D eigenvalue weighted by Gasteiger charge is 2.38. The van der Waals surface area contributed by atoms with Crippen LogP contribution in [-0.2, 0) is 17.9 Å². The minimum absolute atomic E-state index is 0.709. The molecule has 3 unspecified atom stereocenters. The molecule has 1 aromatic rings. The van der Waals surface area contributed by atoms with Crippen LogP contribution in [0.15, 0.2) is 24.3 Å². The molecule has 2 aliphatic rings. The van der Waals surface area contributed by atoms with Gasteiger partial charge in [0, 0.05) is 13.7 Å². The van der Waals surface area contributed by atoms with Gasteiger partial charge in [0.05, 0.1) is 6.61 Å². The molecule has 0 heterocycles. The summed E-state index contributed by atoms with van der Waals surface area (Å²) in [4.78, 5) is 0. The van der Waals surface area contributed by atoms with Crippen LogP contribution in [0.2, 0.25) is 0 Å². The summed E-state index contributed by atoms with van der Waals surface area (Å²) in [6.07, 6.45) is 5.97. The van der Waals surface area contributed by atoms with Gasteiger partial charge < -0.3 is 10.1 Å². The number of rotatable bonds is 6. The van der Waals surface area contributed by atoms with Crippen LogP contribution < -0.4 is 5.32 Å². The van der Waals surface area contributed by atoms with E-state index in [0.717, 1.165) is 24.3 Å². The third-order valence-corrected chi connectivity index (χ3v) is 4.92. The van der Waals surface area contributed by atoms with Crippen LogP contribution in [0.3, 0.4) is 0 Å². The second-order valence-electron chi connectivity index (χ2n) is 6.32. The first-order valence-corrected chi connectivity index (χ1v) is 7.62. The molecule has 1 aromatic carbocycles. The standard InChI is InChI=1S/C17H25NO/c1-19-12-15-4-2-3-14(7-15)10-18-11-17-9-13-5-6-16(17)8-13/h2-4,7,13,16-18H,5-6,8-12H2,1H3.